The Bertz CT molecular complexity index is 504. The SMILES string of the molecule is O=C(NN1CCCC1)c1nnc2ccocc1-2. The van der Waals surface area contributed by atoms with Gasteiger partial charge in [0.05, 0.1) is 11.8 Å². The predicted molar refractivity (Wildman–Crippen MR) is 59.2 cm³/mol. The molecule has 0 bridgehead atoms. The largest absolute Gasteiger partial charge is 0.472 e. The van der Waals surface area contributed by atoms with Gasteiger partial charge in [0.25, 0.3) is 5.91 Å². The molecule has 1 N–H and O–H groups in total. The van der Waals surface area contributed by atoms with E-state index in [4.69, 9.17) is 4.42 Å². The zero-order valence-corrected chi connectivity index (χ0v) is 9.22. The molecule has 0 aromatic rings. The average Bonchev–Trinajstić information content (AvgIpc) is 2.96. The van der Waals surface area contributed by atoms with Crippen molar-refractivity contribution in [2.45, 2.75) is 12.8 Å². The topological polar surface area (TPSA) is 71.3 Å². The fourth-order valence-electron chi connectivity index (χ4n) is 1.98. The minimum absolute atomic E-state index is 0.226. The second kappa shape index (κ2) is 4.14. The van der Waals surface area contributed by atoms with Crippen molar-refractivity contribution in [2.24, 2.45) is 0 Å². The normalized spacial score (nSPS) is 16.5. The molecular formula is C11H12N4O2. The lowest BCUT2D eigenvalue weighted by Crippen LogP contribution is -2.40. The Balaban J connectivity index is 1.81. The van der Waals surface area contributed by atoms with Crippen molar-refractivity contribution in [3.05, 3.63) is 24.3 Å². The van der Waals surface area contributed by atoms with Crippen LogP contribution in [0.15, 0.2) is 23.0 Å². The zero-order chi connectivity index (χ0) is 11.7. The number of rotatable bonds is 2. The van der Waals surface area contributed by atoms with Gasteiger partial charge in [-0.3, -0.25) is 10.2 Å². The van der Waals surface area contributed by atoms with E-state index < -0.39 is 0 Å². The number of aromatic nitrogens is 2. The third-order valence-electron chi connectivity index (χ3n) is 2.86. The van der Waals surface area contributed by atoms with Crippen LogP contribution in [0.4, 0.5) is 0 Å². The van der Waals surface area contributed by atoms with Crippen molar-refractivity contribution in [1.82, 2.24) is 20.6 Å². The van der Waals surface area contributed by atoms with Crippen molar-refractivity contribution in [2.75, 3.05) is 13.1 Å². The number of carbonyl (C=O) groups is 1. The van der Waals surface area contributed by atoms with Gasteiger partial charge >= 0.3 is 0 Å². The lowest BCUT2D eigenvalue weighted by Gasteiger charge is -2.15. The Morgan fingerprint density at radius 2 is 2.18 bits per heavy atom. The van der Waals surface area contributed by atoms with Crippen molar-refractivity contribution < 1.29 is 9.21 Å². The van der Waals surface area contributed by atoms with E-state index in [9.17, 15) is 4.79 Å². The summed E-state index contributed by atoms with van der Waals surface area (Å²) in [5.74, 6) is -0.226. The van der Waals surface area contributed by atoms with Gasteiger partial charge in [0.2, 0.25) is 0 Å². The highest BCUT2D eigenvalue weighted by atomic mass is 16.3. The quantitative estimate of drug-likeness (QED) is 0.833. The van der Waals surface area contributed by atoms with Crippen molar-refractivity contribution in [3.8, 4) is 11.3 Å². The van der Waals surface area contributed by atoms with E-state index in [1.807, 2.05) is 5.01 Å². The smallest absolute Gasteiger partial charge is 0.286 e. The molecule has 0 atom stereocenters. The highest BCUT2D eigenvalue weighted by Gasteiger charge is 2.22. The van der Waals surface area contributed by atoms with Crippen LogP contribution < -0.4 is 5.43 Å². The van der Waals surface area contributed by atoms with E-state index in [0.29, 0.717) is 17.0 Å². The third kappa shape index (κ3) is 1.87. The molecule has 3 aliphatic rings. The number of carbonyl (C=O) groups excluding carboxylic acids is 1. The van der Waals surface area contributed by atoms with E-state index in [2.05, 4.69) is 15.6 Å². The van der Waals surface area contributed by atoms with Crippen molar-refractivity contribution in [3.63, 3.8) is 0 Å². The van der Waals surface area contributed by atoms with E-state index in [1.54, 1.807) is 6.07 Å². The molecule has 0 aliphatic carbocycles. The summed E-state index contributed by atoms with van der Waals surface area (Å²) in [5.41, 5.74) is 4.45. The Hall–Kier alpha value is -1.95. The summed E-state index contributed by atoms with van der Waals surface area (Å²) in [6, 6.07) is 1.69. The lowest BCUT2D eigenvalue weighted by atomic mass is 10.2. The van der Waals surface area contributed by atoms with Crippen LogP contribution in [-0.4, -0.2) is 34.2 Å². The molecule has 3 rings (SSSR count). The second-order valence-corrected chi connectivity index (χ2v) is 4.04. The molecule has 0 saturated carbocycles. The summed E-state index contributed by atoms with van der Waals surface area (Å²) in [6.45, 7) is 1.78. The van der Waals surface area contributed by atoms with Gasteiger partial charge in [-0.15, -0.1) is 10.2 Å². The van der Waals surface area contributed by atoms with E-state index in [0.717, 1.165) is 25.9 Å². The highest BCUT2D eigenvalue weighted by molar-refractivity contribution is 5.98. The minimum Gasteiger partial charge on any atom is -0.472 e. The van der Waals surface area contributed by atoms with Gasteiger partial charge in [0.15, 0.2) is 5.69 Å². The van der Waals surface area contributed by atoms with E-state index in [-0.39, 0.29) is 5.91 Å². The first-order chi connectivity index (χ1) is 8.34. The summed E-state index contributed by atoms with van der Waals surface area (Å²) in [4.78, 5) is 12.0. The standard InChI is InChI=1S/C11H12N4O2/c16-11(14-15-4-1-2-5-15)10-8-7-17-6-3-9(8)12-13-10/h3,6-7H,1-2,4-5H2,(H,14,16). The first-order valence-electron chi connectivity index (χ1n) is 5.59. The van der Waals surface area contributed by atoms with Crippen LogP contribution >= 0.6 is 0 Å². The average molecular weight is 232 g/mol. The van der Waals surface area contributed by atoms with Crippen LogP contribution in [0, 0.1) is 0 Å². The van der Waals surface area contributed by atoms with Crippen molar-refractivity contribution >= 4 is 5.91 Å². The molecule has 0 aromatic carbocycles. The first-order valence-corrected chi connectivity index (χ1v) is 5.59. The molecule has 3 heterocycles. The van der Waals surface area contributed by atoms with Gasteiger partial charge in [-0.2, -0.15) is 0 Å². The summed E-state index contributed by atoms with van der Waals surface area (Å²) >= 11 is 0. The zero-order valence-electron chi connectivity index (χ0n) is 9.22. The Kier molecular flexibility index (Phi) is 2.49. The van der Waals surface area contributed by atoms with Gasteiger partial charge < -0.3 is 4.42 Å². The van der Waals surface area contributed by atoms with Gasteiger partial charge in [-0.25, -0.2) is 5.01 Å². The third-order valence-corrected chi connectivity index (χ3v) is 2.86. The highest BCUT2D eigenvalue weighted by Crippen LogP contribution is 2.22. The summed E-state index contributed by atoms with van der Waals surface area (Å²) in [6.07, 6.45) is 5.24. The molecule has 1 fully saturated rings. The number of fused-ring (bicyclic) bond motifs is 1. The van der Waals surface area contributed by atoms with Crippen LogP contribution in [0.5, 0.6) is 0 Å². The van der Waals surface area contributed by atoms with E-state index in [1.165, 1.54) is 12.5 Å². The van der Waals surface area contributed by atoms with Gasteiger partial charge in [0.1, 0.15) is 12.0 Å². The van der Waals surface area contributed by atoms with Crippen molar-refractivity contribution in [1.29, 1.82) is 0 Å². The molecule has 6 heteroatoms. The summed E-state index contributed by atoms with van der Waals surface area (Å²) < 4.78 is 5.04. The van der Waals surface area contributed by atoms with Crippen LogP contribution in [-0.2, 0) is 0 Å². The first kappa shape index (κ1) is 10.2. The number of amides is 1. The second-order valence-electron chi connectivity index (χ2n) is 4.04. The fourth-order valence-corrected chi connectivity index (χ4v) is 1.98. The number of hydrogen-bond acceptors (Lipinski definition) is 5. The number of nitrogens with zero attached hydrogens (tertiary/aromatic N) is 3. The molecule has 1 amide bonds. The monoisotopic (exact) mass is 232 g/mol. The van der Waals surface area contributed by atoms with Crippen LogP contribution in [0.25, 0.3) is 11.3 Å². The fraction of sp³-hybridized carbons (Fsp3) is 0.364. The van der Waals surface area contributed by atoms with Gasteiger partial charge in [-0.05, 0) is 12.8 Å². The van der Waals surface area contributed by atoms with Crippen LogP contribution in [0.2, 0.25) is 0 Å². The number of nitrogens with one attached hydrogen (secondary N) is 1. The predicted octanol–water partition coefficient (Wildman–Crippen LogP) is 0.915. The molecule has 88 valence electrons. The van der Waals surface area contributed by atoms with Gasteiger partial charge in [-0.1, -0.05) is 0 Å². The maximum Gasteiger partial charge on any atom is 0.286 e. The molecule has 1 saturated heterocycles. The van der Waals surface area contributed by atoms with Gasteiger partial charge in [0, 0.05) is 19.2 Å². The molecule has 6 nitrogen and oxygen atoms in total. The molecule has 3 aliphatic heterocycles. The van der Waals surface area contributed by atoms with E-state index >= 15 is 0 Å². The molecule has 17 heavy (non-hydrogen) atoms. The Labute approximate surface area is 97.9 Å². The summed E-state index contributed by atoms with van der Waals surface area (Å²) in [7, 11) is 0. The maximum atomic E-state index is 12.0. The minimum atomic E-state index is -0.226. The number of hydrogen-bond donors (Lipinski definition) is 1. The molecule has 0 unspecified atom stereocenters. The number of hydrazine groups is 1. The van der Waals surface area contributed by atoms with Crippen LogP contribution in [0.1, 0.15) is 23.3 Å². The molecule has 0 aromatic heterocycles. The summed E-state index contributed by atoms with van der Waals surface area (Å²) in [5, 5.41) is 9.72. The molecule has 0 spiro atoms. The maximum absolute atomic E-state index is 12.0. The Morgan fingerprint density at radius 3 is 3.00 bits per heavy atom. The molecule has 0 radical (unpaired) electrons. The van der Waals surface area contributed by atoms with Crippen LogP contribution in [0.3, 0.4) is 0 Å². The lowest BCUT2D eigenvalue weighted by molar-refractivity contribution is 0.0821. The Morgan fingerprint density at radius 1 is 1.35 bits per heavy atom. The molecular weight excluding hydrogens is 220 g/mol.